The van der Waals surface area contributed by atoms with Crippen LogP contribution in [0, 0.1) is 29.3 Å². The van der Waals surface area contributed by atoms with E-state index < -0.39 is 62.0 Å². The summed E-state index contributed by atoms with van der Waals surface area (Å²) in [6.45, 7) is 3.62. The van der Waals surface area contributed by atoms with Gasteiger partial charge in [0.1, 0.15) is 5.60 Å². The molecular formula is C28H27ClF3N3O5S. The minimum absolute atomic E-state index is 0.0713. The molecule has 1 aromatic heterocycles. The van der Waals surface area contributed by atoms with Crippen LogP contribution in [-0.4, -0.2) is 30.7 Å². The van der Waals surface area contributed by atoms with Crippen molar-refractivity contribution >= 4 is 39.1 Å². The molecule has 1 saturated carbocycles. The average molecular weight is 610 g/mol. The zero-order valence-corrected chi connectivity index (χ0v) is 23.6. The van der Waals surface area contributed by atoms with Crippen LogP contribution in [0.3, 0.4) is 0 Å². The number of nitrogens with one attached hydrogen (secondary N) is 1. The second-order valence-electron chi connectivity index (χ2n) is 9.95. The smallest absolute Gasteiger partial charge is 0.405 e. The summed E-state index contributed by atoms with van der Waals surface area (Å²) in [5, 5.41) is 1.14. The zero-order valence-electron chi connectivity index (χ0n) is 22.0. The van der Waals surface area contributed by atoms with Crippen molar-refractivity contribution in [3.63, 3.8) is 0 Å². The minimum atomic E-state index is -4.15. The van der Waals surface area contributed by atoms with Crippen molar-refractivity contribution in [3.05, 3.63) is 88.5 Å². The van der Waals surface area contributed by atoms with Crippen LogP contribution in [0.5, 0.6) is 0 Å². The van der Waals surface area contributed by atoms with Gasteiger partial charge in [-0.05, 0) is 43.5 Å². The first kappa shape index (κ1) is 30.3. The van der Waals surface area contributed by atoms with Gasteiger partial charge in [-0.1, -0.05) is 31.5 Å². The molecule has 8 nitrogen and oxygen atoms in total. The first-order chi connectivity index (χ1) is 19.3. The van der Waals surface area contributed by atoms with Crippen molar-refractivity contribution in [2.24, 2.45) is 17.6 Å². The molecule has 2 aromatic carbocycles. The summed E-state index contributed by atoms with van der Waals surface area (Å²) in [7, 11) is -4.15. The van der Waals surface area contributed by atoms with Crippen LogP contribution in [0.15, 0.2) is 59.8 Å². The molecule has 2 amide bonds. The number of amides is 2. The Labute approximate surface area is 240 Å². The quantitative estimate of drug-likeness (QED) is 0.317. The van der Waals surface area contributed by atoms with Gasteiger partial charge in [0.2, 0.25) is 0 Å². The number of hydrogen-bond donors (Lipinski definition) is 2. The van der Waals surface area contributed by atoms with Crippen LogP contribution in [0.4, 0.5) is 23.7 Å². The summed E-state index contributed by atoms with van der Waals surface area (Å²) in [5.74, 6) is -6.55. The van der Waals surface area contributed by atoms with Gasteiger partial charge in [-0.3, -0.25) is 9.78 Å². The molecule has 1 aliphatic rings. The second kappa shape index (κ2) is 11.7. The highest BCUT2D eigenvalue weighted by atomic mass is 35.5. The molecule has 13 heteroatoms. The zero-order chi connectivity index (χ0) is 30.1. The number of nitrogens with zero attached hydrogens (tertiary/aromatic N) is 1. The topological polar surface area (TPSA) is 128 Å². The molecule has 41 heavy (non-hydrogen) atoms. The third kappa shape index (κ3) is 5.76. The molecule has 0 saturated heterocycles. The van der Waals surface area contributed by atoms with Gasteiger partial charge >= 0.3 is 6.09 Å². The molecule has 3 N–H and O–H groups in total. The molecule has 1 heterocycles. The van der Waals surface area contributed by atoms with Gasteiger partial charge in [0.25, 0.3) is 5.91 Å². The Balaban J connectivity index is 1.67. The van der Waals surface area contributed by atoms with Gasteiger partial charge in [0, 0.05) is 53.2 Å². The van der Waals surface area contributed by atoms with Crippen LogP contribution in [0.1, 0.15) is 49.0 Å². The molecule has 1 unspecified atom stereocenters. The second-order valence-corrected chi connectivity index (χ2v) is 12.6. The Bertz CT molecular complexity index is 1570. The van der Waals surface area contributed by atoms with E-state index in [1.165, 1.54) is 12.1 Å². The fourth-order valence-electron chi connectivity index (χ4n) is 5.68. The van der Waals surface area contributed by atoms with E-state index in [9.17, 15) is 31.2 Å². The molecule has 0 aliphatic heterocycles. The fourth-order valence-corrected chi connectivity index (χ4v) is 8.14. The van der Waals surface area contributed by atoms with Crippen molar-refractivity contribution in [3.8, 4) is 0 Å². The number of ether oxygens (including phenoxy) is 1. The average Bonchev–Trinajstić information content (AvgIpc) is 2.92. The molecular weight excluding hydrogens is 583 g/mol. The standard InChI is InChI=1S/C28H27ClF3N3O5S/c1-3-17-11-20(9-15(2)28(17,40-27(33)37)18-5-4-8-34-14-18)41(38,39)24-10-16(6-7-21(24)29)26(36)35-19-12-22(30)25(32)23(31)13-19/h4-8,10,12-15,17,20H,3,9,11H2,1-2H3,(H2,33,37)(H,35,36)/t15-,17?,20-,28-/m0/s1. The van der Waals surface area contributed by atoms with Crippen LogP contribution in [0.2, 0.25) is 5.02 Å². The normalized spacial score (nSPS) is 22.6. The van der Waals surface area contributed by atoms with Crippen molar-refractivity contribution < 1.29 is 35.9 Å². The van der Waals surface area contributed by atoms with Crippen molar-refractivity contribution in [2.45, 2.75) is 48.9 Å². The highest BCUT2D eigenvalue weighted by molar-refractivity contribution is 7.92. The Kier molecular flexibility index (Phi) is 8.65. The van der Waals surface area contributed by atoms with E-state index in [-0.39, 0.29) is 34.0 Å². The number of anilines is 1. The van der Waals surface area contributed by atoms with Gasteiger partial charge < -0.3 is 15.8 Å². The lowest BCUT2D eigenvalue weighted by Gasteiger charge is -2.49. The van der Waals surface area contributed by atoms with Gasteiger partial charge in [-0.15, -0.1) is 0 Å². The number of aromatic nitrogens is 1. The largest absolute Gasteiger partial charge is 0.438 e. The predicted molar refractivity (Wildman–Crippen MR) is 145 cm³/mol. The maximum atomic E-state index is 13.9. The number of pyridine rings is 1. The summed E-state index contributed by atoms with van der Waals surface area (Å²) < 4.78 is 74.1. The molecule has 4 rings (SSSR count). The van der Waals surface area contributed by atoms with Crippen molar-refractivity contribution in [1.29, 1.82) is 0 Å². The lowest BCUT2D eigenvalue weighted by Crippen LogP contribution is -2.52. The molecule has 4 atom stereocenters. The SMILES string of the molecule is CCC1C[C@@H](S(=O)(=O)c2cc(C(=O)Nc3cc(F)c(F)c(F)c3)ccc2Cl)C[C@H](C)[C@@]1(OC(N)=O)c1cccnc1. The monoisotopic (exact) mass is 609 g/mol. The number of halogens is 4. The van der Waals surface area contributed by atoms with Crippen molar-refractivity contribution in [1.82, 2.24) is 4.98 Å². The van der Waals surface area contributed by atoms with E-state index in [0.717, 1.165) is 6.07 Å². The van der Waals surface area contributed by atoms with Crippen LogP contribution in [0.25, 0.3) is 0 Å². The third-order valence-corrected chi connectivity index (χ3v) is 10.2. The van der Waals surface area contributed by atoms with E-state index in [4.69, 9.17) is 22.1 Å². The Hall–Kier alpha value is -3.64. The van der Waals surface area contributed by atoms with Gasteiger partial charge in [-0.25, -0.2) is 26.4 Å². The third-order valence-electron chi connectivity index (χ3n) is 7.56. The number of carbonyl (C=O) groups is 2. The first-order valence-electron chi connectivity index (χ1n) is 12.7. The number of hydrogen-bond acceptors (Lipinski definition) is 6. The van der Waals surface area contributed by atoms with Crippen LogP contribution >= 0.6 is 11.6 Å². The summed E-state index contributed by atoms with van der Waals surface area (Å²) >= 11 is 6.31. The van der Waals surface area contributed by atoms with Crippen LogP contribution in [-0.2, 0) is 20.2 Å². The van der Waals surface area contributed by atoms with E-state index in [2.05, 4.69) is 10.3 Å². The van der Waals surface area contributed by atoms with Gasteiger partial charge in [0.15, 0.2) is 27.3 Å². The first-order valence-corrected chi connectivity index (χ1v) is 14.6. The van der Waals surface area contributed by atoms with E-state index in [1.54, 1.807) is 31.5 Å². The van der Waals surface area contributed by atoms with Crippen molar-refractivity contribution in [2.75, 3.05) is 5.32 Å². The van der Waals surface area contributed by atoms with E-state index >= 15 is 0 Å². The lowest BCUT2D eigenvalue weighted by atomic mass is 9.64. The van der Waals surface area contributed by atoms with Crippen LogP contribution < -0.4 is 11.1 Å². The molecule has 0 bridgehead atoms. The Morgan fingerprint density at radius 1 is 1.15 bits per heavy atom. The van der Waals surface area contributed by atoms with Gasteiger partial charge in [-0.2, -0.15) is 0 Å². The molecule has 1 fully saturated rings. The highest BCUT2D eigenvalue weighted by Crippen LogP contribution is 2.52. The molecule has 0 radical (unpaired) electrons. The maximum absolute atomic E-state index is 13.9. The fraction of sp³-hybridized carbons (Fsp3) is 0.321. The predicted octanol–water partition coefficient (Wildman–Crippen LogP) is 5.99. The number of primary amides is 1. The number of sulfone groups is 1. The molecule has 0 spiro atoms. The lowest BCUT2D eigenvalue weighted by molar-refractivity contribution is -0.0997. The Morgan fingerprint density at radius 2 is 1.83 bits per heavy atom. The number of benzene rings is 2. The molecule has 218 valence electrons. The summed E-state index contributed by atoms with van der Waals surface area (Å²) in [6.07, 6.45) is 2.74. The molecule has 1 aliphatic carbocycles. The Morgan fingerprint density at radius 3 is 2.41 bits per heavy atom. The van der Waals surface area contributed by atoms with E-state index in [0.29, 0.717) is 24.1 Å². The summed E-state index contributed by atoms with van der Waals surface area (Å²) in [6, 6.07) is 8.20. The summed E-state index contributed by atoms with van der Waals surface area (Å²) in [5.41, 5.74) is 4.33. The molecule has 3 aromatic rings. The number of rotatable bonds is 7. The van der Waals surface area contributed by atoms with Gasteiger partial charge in [0.05, 0.1) is 15.2 Å². The highest BCUT2D eigenvalue weighted by Gasteiger charge is 2.54. The maximum Gasteiger partial charge on any atom is 0.405 e. The minimum Gasteiger partial charge on any atom is -0.438 e. The number of nitrogens with two attached hydrogens (primary N) is 1. The van der Waals surface area contributed by atoms with E-state index in [1.807, 2.05) is 6.92 Å². The summed E-state index contributed by atoms with van der Waals surface area (Å²) in [4.78, 5) is 28.7. The number of carbonyl (C=O) groups excluding carboxylic acids is 2.